The predicted octanol–water partition coefficient (Wildman–Crippen LogP) is 1.19. The number of rotatable bonds is 8. The number of amides is 1. The van der Waals surface area contributed by atoms with E-state index in [1.54, 1.807) is 0 Å². The van der Waals surface area contributed by atoms with Gasteiger partial charge in [0.15, 0.2) is 0 Å². The van der Waals surface area contributed by atoms with Crippen LogP contribution in [0.1, 0.15) is 20.3 Å². The fourth-order valence-corrected chi connectivity index (χ4v) is 1.51. The Hall–Kier alpha value is -1.31. The molecule has 1 amide bonds. The first kappa shape index (κ1) is 18.7. The summed E-state index contributed by atoms with van der Waals surface area (Å²) in [6, 6.07) is 0. The average Bonchev–Trinajstić information content (AvgIpc) is 2.31. The molecule has 0 aliphatic carbocycles. The fourth-order valence-electron chi connectivity index (χ4n) is 1.51. The summed E-state index contributed by atoms with van der Waals surface area (Å²) >= 11 is 0. The topological polar surface area (TPSA) is 58.6 Å². The molecular formula is C12H21F3N2O3. The third kappa shape index (κ3) is 9.60. The van der Waals surface area contributed by atoms with E-state index in [0.29, 0.717) is 6.54 Å². The highest BCUT2D eigenvalue weighted by Crippen LogP contribution is 2.12. The first-order valence-electron chi connectivity index (χ1n) is 6.27. The molecule has 0 aromatic carbocycles. The van der Waals surface area contributed by atoms with Gasteiger partial charge >= 0.3 is 12.1 Å². The summed E-state index contributed by atoms with van der Waals surface area (Å²) in [5.74, 6) is -0.777. The quantitative estimate of drug-likeness (QED) is 0.684. The summed E-state index contributed by atoms with van der Waals surface area (Å²) < 4.78 is 40.4. The van der Waals surface area contributed by atoms with E-state index < -0.39 is 31.1 Å². The Balaban J connectivity index is 4.30. The zero-order chi connectivity index (χ0) is 15.8. The molecular weight excluding hydrogens is 277 g/mol. The Morgan fingerprint density at radius 3 is 2.35 bits per heavy atom. The molecule has 0 aromatic heterocycles. The SMILES string of the molecule is COC(=O)CCN(CC(C)C)C(=O)CNCC(F)(F)F. The lowest BCUT2D eigenvalue weighted by atomic mass is 10.2. The van der Waals surface area contributed by atoms with Crippen molar-refractivity contribution in [1.29, 1.82) is 0 Å². The second-order valence-electron chi connectivity index (χ2n) is 4.78. The number of carbonyl (C=O) groups excluding carboxylic acids is 2. The van der Waals surface area contributed by atoms with Crippen molar-refractivity contribution >= 4 is 11.9 Å². The molecule has 0 heterocycles. The molecule has 0 aliphatic heterocycles. The number of hydrogen-bond donors (Lipinski definition) is 1. The molecule has 5 nitrogen and oxygen atoms in total. The zero-order valence-electron chi connectivity index (χ0n) is 11.9. The summed E-state index contributed by atoms with van der Waals surface area (Å²) in [6.07, 6.45) is -4.33. The van der Waals surface area contributed by atoms with Crippen molar-refractivity contribution in [3.05, 3.63) is 0 Å². The third-order valence-electron chi connectivity index (χ3n) is 2.35. The van der Waals surface area contributed by atoms with Crippen LogP contribution in [-0.2, 0) is 14.3 Å². The van der Waals surface area contributed by atoms with Crippen LogP contribution in [0.3, 0.4) is 0 Å². The van der Waals surface area contributed by atoms with E-state index in [0.717, 1.165) is 0 Å². The smallest absolute Gasteiger partial charge is 0.401 e. The predicted molar refractivity (Wildman–Crippen MR) is 67.0 cm³/mol. The van der Waals surface area contributed by atoms with Crippen LogP contribution in [0.25, 0.3) is 0 Å². The van der Waals surface area contributed by atoms with Crippen molar-refractivity contribution in [2.24, 2.45) is 5.92 Å². The average molecular weight is 298 g/mol. The monoisotopic (exact) mass is 298 g/mol. The van der Waals surface area contributed by atoms with Crippen molar-refractivity contribution in [1.82, 2.24) is 10.2 Å². The van der Waals surface area contributed by atoms with Crippen LogP contribution in [0.5, 0.6) is 0 Å². The number of ether oxygens (including phenoxy) is 1. The third-order valence-corrected chi connectivity index (χ3v) is 2.35. The number of esters is 1. The first-order valence-corrected chi connectivity index (χ1v) is 6.27. The molecule has 0 radical (unpaired) electrons. The normalized spacial score (nSPS) is 11.6. The summed E-state index contributed by atoms with van der Waals surface area (Å²) in [5, 5.41) is 2.05. The molecule has 8 heteroatoms. The summed E-state index contributed by atoms with van der Waals surface area (Å²) in [4.78, 5) is 24.2. The molecule has 0 saturated heterocycles. The van der Waals surface area contributed by atoms with Crippen LogP contribution in [0.15, 0.2) is 0 Å². The molecule has 0 spiro atoms. The Bertz CT molecular complexity index is 320. The first-order chi connectivity index (χ1) is 9.15. The van der Waals surface area contributed by atoms with Gasteiger partial charge in [0.1, 0.15) is 0 Å². The van der Waals surface area contributed by atoms with Gasteiger partial charge in [-0.05, 0) is 5.92 Å². The Labute approximate surface area is 116 Å². The van der Waals surface area contributed by atoms with Crippen LogP contribution in [0.2, 0.25) is 0 Å². The standard InChI is InChI=1S/C12H21F3N2O3/c1-9(2)7-17(5-4-11(19)20-3)10(18)6-16-8-12(13,14)15/h9,16H,4-8H2,1-3H3. The fraction of sp³-hybridized carbons (Fsp3) is 0.833. The van der Waals surface area contributed by atoms with E-state index in [9.17, 15) is 22.8 Å². The van der Waals surface area contributed by atoms with Gasteiger partial charge in [-0.2, -0.15) is 13.2 Å². The summed E-state index contributed by atoms with van der Waals surface area (Å²) in [6.45, 7) is 2.64. The maximum Gasteiger partial charge on any atom is 0.401 e. The number of methoxy groups -OCH3 is 1. The number of halogens is 3. The molecule has 0 bridgehead atoms. The van der Waals surface area contributed by atoms with Gasteiger partial charge in [0, 0.05) is 13.1 Å². The molecule has 0 fully saturated rings. The molecule has 20 heavy (non-hydrogen) atoms. The van der Waals surface area contributed by atoms with E-state index in [-0.39, 0.29) is 18.9 Å². The number of nitrogens with zero attached hydrogens (tertiary/aromatic N) is 1. The second-order valence-corrected chi connectivity index (χ2v) is 4.78. The molecule has 0 aromatic rings. The van der Waals surface area contributed by atoms with Gasteiger partial charge in [-0.25, -0.2) is 0 Å². The van der Waals surface area contributed by atoms with E-state index in [1.165, 1.54) is 12.0 Å². The minimum absolute atomic E-state index is 0.0221. The summed E-state index contributed by atoms with van der Waals surface area (Å²) in [7, 11) is 1.24. The summed E-state index contributed by atoms with van der Waals surface area (Å²) in [5.41, 5.74) is 0. The highest BCUT2D eigenvalue weighted by atomic mass is 19.4. The van der Waals surface area contributed by atoms with Gasteiger partial charge in [-0.3, -0.25) is 9.59 Å². The highest BCUT2D eigenvalue weighted by Gasteiger charge is 2.27. The van der Waals surface area contributed by atoms with E-state index in [1.807, 2.05) is 19.2 Å². The van der Waals surface area contributed by atoms with Gasteiger partial charge in [0.25, 0.3) is 0 Å². The zero-order valence-corrected chi connectivity index (χ0v) is 11.9. The maximum atomic E-state index is 12.0. The van der Waals surface area contributed by atoms with Gasteiger partial charge in [0.05, 0.1) is 26.6 Å². The van der Waals surface area contributed by atoms with Gasteiger partial charge in [-0.1, -0.05) is 13.8 Å². The van der Waals surface area contributed by atoms with Crippen molar-refractivity contribution in [2.45, 2.75) is 26.4 Å². The van der Waals surface area contributed by atoms with Crippen molar-refractivity contribution in [3.63, 3.8) is 0 Å². The van der Waals surface area contributed by atoms with Crippen molar-refractivity contribution < 1.29 is 27.5 Å². The molecule has 0 unspecified atom stereocenters. The lowest BCUT2D eigenvalue weighted by molar-refractivity contribution is -0.141. The molecule has 0 atom stereocenters. The van der Waals surface area contributed by atoms with E-state index in [4.69, 9.17) is 0 Å². The molecule has 0 saturated carbocycles. The van der Waals surface area contributed by atoms with E-state index >= 15 is 0 Å². The lowest BCUT2D eigenvalue weighted by Gasteiger charge is -2.24. The minimum Gasteiger partial charge on any atom is -0.469 e. The highest BCUT2D eigenvalue weighted by molar-refractivity contribution is 5.79. The molecule has 0 rings (SSSR count). The van der Waals surface area contributed by atoms with Crippen LogP contribution in [-0.4, -0.2) is 56.2 Å². The van der Waals surface area contributed by atoms with Crippen LogP contribution in [0.4, 0.5) is 13.2 Å². The van der Waals surface area contributed by atoms with E-state index in [2.05, 4.69) is 4.74 Å². The van der Waals surface area contributed by atoms with Gasteiger partial charge in [-0.15, -0.1) is 0 Å². The van der Waals surface area contributed by atoms with Crippen LogP contribution >= 0.6 is 0 Å². The Kier molecular flexibility index (Phi) is 8.21. The molecule has 1 N–H and O–H groups in total. The maximum absolute atomic E-state index is 12.0. The lowest BCUT2D eigenvalue weighted by Crippen LogP contribution is -2.43. The second kappa shape index (κ2) is 8.78. The number of alkyl halides is 3. The van der Waals surface area contributed by atoms with Crippen LogP contribution < -0.4 is 5.32 Å². The minimum atomic E-state index is -4.35. The number of nitrogens with one attached hydrogen (secondary N) is 1. The molecule has 118 valence electrons. The Morgan fingerprint density at radius 2 is 1.90 bits per heavy atom. The number of carbonyl (C=O) groups is 2. The largest absolute Gasteiger partial charge is 0.469 e. The van der Waals surface area contributed by atoms with Gasteiger partial charge < -0.3 is 15.0 Å². The number of hydrogen-bond acceptors (Lipinski definition) is 4. The van der Waals surface area contributed by atoms with Crippen LogP contribution in [0, 0.1) is 5.92 Å². The van der Waals surface area contributed by atoms with Crippen molar-refractivity contribution in [3.8, 4) is 0 Å². The Morgan fingerprint density at radius 1 is 1.30 bits per heavy atom. The van der Waals surface area contributed by atoms with Gasteiger partial charge in [0.2, 0.25) is 5.91 Å². The van der Waals surface area contributed by atoms with Crippen molar-refractivity contribution in [2.75, 3.05) is 33.3 Å². The molecule has 0 aliphatic rings.